The highest BCUT2D eigenvalue weighted by Crippen LogP contribution is 2.38. The molecule has 2 fully saturated rings. The number of aliphatic hydroxyl groups is 1. The van der Waals surface area contributed by atoms with Crippen LogP contribution < -0.4 is 0 Å². The van der Waals surface area contributed by atoms with Crippen LogP contribution in [0.3, 0.4) is 0 Å². The van der Waals surface area contributed by atoms with E-state index in [1.165, 1.54) is 12.0 Å². The summed E-state index contributed by atoms with van der Waals surface area (Å²) in [6, 6.07) is 0. The molecule has 5 atom stereocenters. The number of aliphatic hydroxyl groups excluding tert-OH is 1. The molecule has 1 saturated carbocycles. The number of carbonyl (C=O) groups excluding carboxylic acids is 2. The van der Waals surface area contributed by atoms with Crippen LogP contribution in [0.1, 0.15) is 85.0 Å². The highest BCUT2D eigenvalue weighted by molar-refractivity contribution is 5.79. The predicted octanol–water partition coefficient (Wildman–Crippen LogP) is 6.74. The molecule has 0 spiro atoms. The summed E-state index contributed by atoms with van der Waals surface area (Å²) in [7, 11) is 0. The minimum Gasteiger partial charge on any atom is -0.436 e. The first-order valence-electron chi connectivity index (χ1n) is 15.7. The van der Waals surface area contributed by atoms with Crippen molar-refractivity contribution in [2.24, 2.45) is 17.8 Å². The smallest absolute Gasteiger partial charge is 0.311 e. The quantitative estimate of drug-likeness (QED) is 0.201. The largest absolute Gasteiger partial charge is 0.436 e. The van der Waals surface area contributed by atoms with Crippen molar-refractivity contribution in [1.29, 1.82) is 0 Å². The maximum Gasteiger partial charge on any atom is 0.311 e. The van der Waals surface area contributed by atoms with Crippen molar-refractivity contribution in [3.05, 3.63) is 70.9 Å². The Morgan fingerprint density at radius 2 is 1.73 bits per heavy atom. The Labute approximate surface area is 246 Å². The zero-order valence-electron chi connectivity index (χ0n) is 25.3. The molecule has 1 heterocycles. The average molecular weight is 564 g/mol. The van der Waals surface area contributed by atoms with Crippen LogP contribution in [0.2, 0.25) is 0 Å². The summed E-state index contributed by atoms with van der Waals surface area (Å²) in [5, 5.41) is 10.8. The Bertz CT molecular complexity index is 1120. The zero-order chi connectivity index (χ0) is 29.4. The van der Waals surface area contributed by atoms with Gasteiger partial charge < -0.3 is 19.5 Å². The molecule has 6 nitrogen and oxygen atoms in total. The summed E-state index contributed by atoms with van der Waals surface area (Å²) < 4.78 is 10.9. The van der Waals surface area contributed by atoms with Crippen molar-refractivity contribution in [3.63, 3.8) is 0 Å². The van der Waals surface area contributed by atoms with Gasteiger partial charge in [0.2, 0.25) is 5.91 Å². The second-order valence-corrected chi connectivity index (χ2v) is 12.2. The highest BCUT2D eigenvalue weighted by Gasteiger charge is 2.32. The second-order valence-electron chi connectivity index (χ2n) is 12.2. The first-order chi connectivity index (χ1) is 19.8. The van der Waals surface area contributed by atoms with Crippen LogP contribution >= 0.6 is 0 Å². The van der Waals surface area contributed by atoms with E-state index in [1.54, 1.807) is 6.92 Å². The highest BCUT2D eigenvalue weighted by atomic mass is 16.7. The van der Waals surface area contributed by atoms with Crippen molar-refractivity contribution in [3.8, 4) is 0 Å². The normalized spacial score (nSPS) is 31.0. The number of piperidine rings is 1. The molecule has 1 aliphatic heterocycles. The van der Waals surface area contributed by atoms with Crippen LogP contribution in [-0.4, -0.2) is 54.0 Å². The molecule has 1 N–H and O–H groups in total. The van der Waals surface area contributed by atoms with E-state index in [1.807, 2.05) is 26.0 Å². The fourth-order valence-electron chi connectivity index (χ4n) is 6.79. The van der Waals surface area contributed by atoms with Gasteiger partial charge in [0.15, 0.2) is 6.29 Å². The van der Waals surface area contributed by atoms with E-state index in [0.29, 0.717) is 44.1 Å². The number of allylic oxidation sites excluding steroid dienone is 9. The summed E-state index contributed by atoms with van der Waals surface area (Å²) in [6.07, 6.45) is 20.2. The van der Waals surface area contributed by atoms with E-state index >= 15 is 0 Å². The number of carbonyl (C=O) groups is 2. The summed E-state index contributed by atoms with van der Waals surface area (Å²) >= 11 is 0. The fraction of sp³-hybridized carbons (Fsp3) is 0.600. The maximum atomic E-state index is 13.3. The lowest BCUT2D eigenvalue weighted by Crippen LogP contribution is -2.41. The third-order valence-electron chi connectivity index (χ3n) is 8.77. The number of esters is 1. The molecule has 4 rings (SSSR count). The maximum absolute atomic E-state index is 13.3. The van der Waals surface area contributed by atoms with Gasteiger partial charge in [-0.3, -0.25) is 9.59 Å². The van der Waals surface area contributed by atoms with Gasteiger partial charge in [-0.05, 0) is 108 Å². The molecular formula is C35H49NO5. The Hall–Kier alpha value is -2.70. The van der Waals surface area contributed by atoms with Gasteiger partial charge in [0.25, 0.3) is 0 Å². The monoisotopic (exact) mass is 563 g/mol. The first kappa shape index (κ1) is 31.2. The molecule has 6 heteroatoms. The number of amides is 1. The van der Waals surface area contributed by atoms with E-state index < -0.39 is 12.4 Å². The predicted molar refractivity (Wildman–Crippen MR) is 163 cm³/mol. The molecule has 4 aliphatic rings. The Morgan fingerprint density at radius 3 is 2.44 bits per heavy atom. The van der Waals surface area contributed by atoms with Gasteiger partial charge >= 0.3 is 5.97 Å². The van der Waals surface area contributed by atoms with Gasteiger partial charge in [-0.15, -0.1) is 6.58 Å². The van der Waals surface area contributed by atoms with Gasteiger partial charge in [0.1, 0.15) is 0 Å². The number of hydrogen-bond acceptors (Lipinski definition) is 5. The number of hydrogen-bond donors (Lipinski definition) is 1. The minimum absolute atomic E-state index is 0.00834. The molecule has 0 radical (unpaired) electrons. The van der Waals surface area contributed by atoms with Crippen molar-refractivity contribution >= 4 is 11.9 Å². The van der Waals surface area contributed by atoms with E-state index in [-0.39, 0.29) is 17.8 Å². The molecule has 41 heavy (non-hydrogen) atoms. The molecule has 1 saturated heterocycles. The second kappa shape index (κ2) is 15.0. The third kappa shape index (κ3) is 8.89. The van der Waals surface area contributed by atoms with Gasteiger partial charge in [-0.1, -0.05) is 47.6 Å². The lowest BCUT2D eigenvalue weighted by Gasteiger charge is -2.35. The third-order valence-corrected chi connectivity index (χ3v) is 8.77. The Kier molecular flexibility index (Phi) is 11.4. The van der Waals surface area contributed by atoms with Gasteiger partial charge in [0.05, 0.1) is 12.0 Å². The lowest BCUT2D eigenvalue weighted by atomic mass is 9.76. The average Bonchev–Trinajstić information content (AvgIpc) is 2.96. The van der Waals surface area contributed by atoms with Crippen molar-refractivity contribution in [2.45, 2.75) is 97.4 Å². The standard InChI is InChI=1S/C35H49NO5/c1-5-25-13-27(20-31(18-25)34(38)36-11-9-8-10-12-36)15-29-17-30(23-33(37)22-29)16-28-14-26(6-2)19-32(21-28)35(39)41-24(4)40-7-3/h5-6,14-17,24-25,31-33,37H,1,7-13,18-23H2,2-4H3. The van der Waals surface area contributed by atoms with Gasteiger partial charge in [-0.2, -0.15) is 0 Å². The van der Waals surface area contributed by atoms with Crippen molar-refractivity contribution in [1.82, 2.24) is 4.90 Å². The first-order valence-corrected chi connectivity index (χ1v) is 15.7. The van der Waals surface area contributed by atoms with Crippen LogP contribution in [0, 0.1) is 17.8 Å². The van der Waals surface area contributed by atoms with E-state index in [0.717, 1.165) is 67.5 Å². The molecule has 224 valence electrons. The Morgan fingerprint density at radius 1 is 1.00 bits per heavy atom. The van der Waals surface area contributed by atoms with E-state index in [4.69, 9.17) is 9.47 Å². The Balaban J connectivity index is 1.50. The fourth-order valence-corrected chi connectivity index (χ4v) is 6.79. The van der Waals surface area contributed by atoms with Crippen LogP contribution in [-0.2, 0) is 19.1 Å². The molecule has 1 amide bonds. The number of rotatable bonds is 8. The SMILES string of the molecule is C=CC1CC(=CC2=CC(=CC3=CC(=CC)CC(C(=O)OC(C)OCC)C3)CC(O)C2)CC(C(=O)N2CCCCC2)C1. The molecule has 5 unspecified atom stereocenters. The van der Waals surface area contributed by atoms with Gasteiger partial charge in [0, 0.05) is 25.6 Å². The van der Waals surface area contributed by atoms with Crippen LogP contribution in [0.15, 0.2) is 70.9 Å². The van der Waals surface area contributed by atoms with Crippen LogP contribution in [0.5, 0.6) is 0 Å². The summed E-state index contributed by atoms with van der Waals surface area (Å²) in [4.78, 5) is 28.3. The molecule has 0 aromatic heterocycles. The van der Waals surface area contributed by atoms with E-state index in [9.17, 15) is 14.7 Å². The van der Waals surface area contributed by atoms with E-state index in [2.05, 4.69) is 35.8 Å². The zero-order valence-corrected chi connectivity index (χ0v) is 25.3. The molecular weight excluding hydrogens is 514 g/mol. The molecule has 0 aromatic rings. The molecule has 0 bridgehead atoms. The van der Waals surface area contributed by atoms with Crippen molar-refractivity contribution in [2.75, 3.05) is 19.7 Å². The topological polar surface area (TPSA) is 76.1 Å². The van der Waals surface area contributed by atoms with Crippen LogP contribution in [0.4, 0.5) is 0 Å². The number of ether oxygens (including phenoxy) is 2. The summed E-state index contributed by atoms with van der Waals surface area (Å²) in [6.45, 7) is 11.9. The minimum atomic E-state index is -0.559. The molecule has 0 aromatic carbocycles. The number of nitrogens with zero attached hydrogens (tertiary/aromatic N) is 1. The lowest BCUT2D eigenvalue weighted by molar-refractivity contribution is -0.178. The summed E-state index contributed by atoms with van der Waals surface area (Å²) in [5.74, 6) is 0.114. The summed E-state index contributed by atoms with van der Waals surface area (Å²) in [5.41, 5.74) is 5.61. The van der Waals surface area contributed by atoms with Gasteiger partial charge in [-0.25, -0.2) is 0 Å². The number of likely N-dealkylation sites (tertiary alicyclic amines) is 1. The van der Waals surface area contributed by atoms with Crippen LogP contribution in [0.25, 0.3) is 0 Å². The molecule has 3 aliphatic carbocycles. The van der Waals surface area contributed by atoms with Crippen molar-refractivity contribution < 1.29 is 24.2 Å².